The second-order valence-corrected chi connectivity index (χ2v) is 7.60. The predicted octanol–water partition coefficient (Wildman–Crippen LogP) is 2.56. The zero-order chi connectivity index (χ0) is 22.7. The molecule has 0 unspecified atom stereocenters. The Morgan fingerprint density at radius 2 is 1.75 bits per heavy atom. The van der Waals surface area contributed by atoms with Crippen LogP contribution >= 0.6 is 0 Å². The minimum Gasteiger partial charge on any atom is -0.279 e. The molecular weight excluding hydrogens is 412 g/mol. The van der Waals surface area contributed by atoms with Crippen molar-refractivity contribution >= 4 is 22.6 Å². The molecule has 0 saturated heterocycles. The third-order valence-corrected chi connectivity index (χ3v) is 5.67. The lowest BCUT2D eigenvalue weighted by Gasteiger charge is -2.11. The van der Waals surface area contributed by atoms with Gasteiger partial charge in [-0.25, -0.2) is 4.79 Å². The first kappa shape index (κ1) is 19.5. The quantitative estimate of drug-likeness (QED) is 0.323. The molecule has 0 aliphatic rings. The van der Waals surface area contributed by atoms with Crippen molar-refractivity contribution in [3.05, 3.63) is 91.2 Å². The summed E-state index contributed by atoms with van der Waals surface area (Å²) >= 11 is 0. The number of aryl methyl sites for hydroxylation is 2. The van der Waals surface area contributed by atoms with E-state index in [1.54, 1.807) is 29.8 Å². The van der Waals surface area contributed by atoms with Crippen molar-refractivity contribution in [3.63, 3.8) is 0 Å². The molecule has 0 aliphatic carbocycles. The van der Waals surface area contributed by atoms with Gasteiger partial charge in [-0.05, 0) is 18.6 Å². The van der Waals surface area contributed by atoms with Crippen molar-refractivity contribution in [2.75, 3.05) is 0 Å². The fourth-order valence-electron chi connectivity index (χ4n) is 4.01. The standard InChI is InChI=1S/C22H18N6O4/c1-13-7-4-5-10-16(13)27-17(14-8-6-9-15(11-14)28(31)32)12-26-18-19(23-21(26)27)24(2)22(30)25(3)20(18)29/h4-12H,1-3H3. The highest BCUT2D eigenvalue weighted by atomic mass is 16.6. The van der Waals surface area contributed by atoms with Gasteiger partial charge in [0.2, 0.25) is 5.78 Å². The van der Waals surface area contributed by atoms with E-state index in [4.69, 9.17) is 0 Å². The normalized spacial score (nSPS) is 11.5. The first-order valence-electron chi connectivity index (χ1n) is 9.80. The Morgan fingerprint density at radius 1 is 1.00 bits per heavy atom. The van der Waals surface area contributed by atoms with Gasteiger partial charge in [0, 0.05) is 38.0 Å². The maximum absolute atomic E-state index is 13.0. The van der Waals surface area contributed by atoms with E-state index in [1.807, 2.05) is 35.8 Å². The highest BCUT2D eigenvalue weighted by molar-refractivity contribution is 5.80. The van der Waals surface area contributed by atoms with Crippen molar-refractivity contribution in [3.8, 4) is 16.9 Å². The fraction of sp³-hybridized carbons (Fsp3) is 0.136. The Balaban J connectivity index is 1.97. The number of imidazole rings is 2. The third kappa shape index (κ3) is 2.62. The Labute approximate surface area is 180 Å². The summed E-state index contributed by atoms with van der Waals surface area (Å²) in [5, 5.41) is 11.3. The molecule has 0 N–H and O–H groups in total. The number of non-ortho nitro benzene ring substituents is 1. The van der Waals surface area contributed by atoms with Crippen LogP contribution < -0.4 is 11.2 Å². The molecule has 10 nitrogen and oxygen atoms in total. The van der Waals surface area contributed by atoms with Crippen LogP contribution in [0.5, 0.6) is 0 Å². The summed E-state index contributed by atoms with van der Waals surface area (Å²) in [7, 11) is 2.99. The molecule has 10 heteroatoms. The molecule has 0 spiro atoms. The number of fused-ring (bicyclic) bond motifs is 3. The zero-order valence-corrected chi connectivity index (χ0v) is 17.5. The molecule has 0 amide bonds. The van der Waals surface area contributed by atoms with E-state index in [1.165, 1.54) is 23.7 Å². The van der Waals surface area contributed by atoms with Crippen LogP contribution in [0.15, 0.2) is 64.3 Å². The summed E-state index contributed by atoms with van der Waals surface area (Å²) in [6.07, 6.45) is 1.72. The maximum atomic E-state index is 13.0. The number of hydrogen-bond donors (Lipinski definition) is 0. The lowest BCUT2D eigenvalue weighted by atomic mass is 10.1. The molecule has 3 heterocycles. The molecule has 2 aromatic carbocycles. The lowest BCUT2D eigenvalue weighted by molar-refractivity contribution is -0.384. The highest BCUT2D eigenvalue weighted by Gasteiger charge is 2.23. The molecule has 0 aliphatic heterocycles. The molecule has 3 aromatic heterocycles. The largest absolute Gasteiger partial charge is 0.332 e. The van der Waals surface area contributed by atoms with Crippen LogP contribution in [0.2, 0.25) is 0 Å². The smallest absolute Gasteiger partial charge is 0.279 e. The number of para-hydroxylation sites is 1. The van der Waals surface area contributed by atoms with Crippen LogP contribution in [0.3, 0.4) is 0 Å². The van der Waals surface area contributed by atoms with Gasteiger partial charge in [-0.2, -0.15) is 4.98 Å². The van der Waals surface area contributed by atoms with Crippen LogP contribution in [0, 0.1) is 17.0 Å². The Hall–Kier alpha value is -4.47. The number of aromatic nitrogens is 5. The fourth-order valence-corrected chi connectivity index (χ4v) is 4.01. The van der Waals surface area contributed by atoms with E-state index in [9.17, 15) is 19.7 Å². The van der Waals surface area contributed by atoms with E-state index in [-0.39, 0.29) is 16.9 Å². The van der Waals surface area contributed by atoms with Gasteiger partial charge in [-0.1, -0.05) is 30.3 Å². The average molecular weight is 430 g/mol. The molecule has 32 heavy (non-hydrogen) atoms. The molecule has 0 saturated carbocycles. The van der Waals surface area contributed by atoms with Gasteiger partial charge in [-0.15, -0.1) is 0 Å². The van der Waals surface area contributed by atoms with Gasteiger partial charge in [0.25, 0.3) is 11.2 Å². The molecule has 0 fully saturated rings. The molecular formula is C22H18N6O4. The van der Waals surface area contributed by atoms with Crippen LogP contribution in [0.4, 0.5) is 5.69 Å². The van der Waals surface area contributed by atoms with E-state index in [2.05, 4.69) is 4.98 Å². The highest BCUT2D eigenvalue weighted by Crippen LogP contribution is 2.31. The second-order valence-electron chi connectivity index (χ2n) is 7.60. The summed E-state index contributed by atoms with van der Waals surface area (Å²) in [6, 6.07) is 13.9. The summed E-state index contributed by atoms with van der Waals surface area (Å²) in [6.45, 7) is 1.94. The van der Waals surface area contributed by atoms with Crippen molar-refractivity contribution < 1.29 is 4.92 Å². The molecule has 0 bridgehead atoms. The van der Waals surface area contributed by atoms with Gasteiger partial charge >= 0.3 is 5.69 Å². The lowest BCUT2D eigenvalue weighted by Crippen LogP contribution is -2.37. The van der Waals surface area contributed by atoms with Crippen LogP contribution in [-0.4, -0.2) is 28.0 Å². The summed E-state index contributed by atoms with van der Waals surface area (Å²) < 4.78 is 5.85. The molecule has 160 valence electrons. The van der Waals surface area contributed by atoms with Gasteiger partial charge in [0.1, 0.15) is 0 Å². The number of nitro groups is 1. The number of hydrogen-bond acceptors (Lipinski definition) is 5. The Morgan fingerprint density at radius 3 is 2.47 bits per heavy atom. The van der Waals surface area contributed by atoms with E-state index in [0.717, 1.165) is 15.8 Å². The summed E-state index contributed by atoms with van der Waals surface area (Å²) in [5.74, 6) is 0.425. The summed E-state index contributed by atoms with van der Waals surface area (Å²) in [4.78, 5) is 40.9. The third-order valence-electron chi connectivity index (χ3n) is 5.67. The van der Waals surface area contributed by atoms with Crippen LogP contribution in [0.1, 0.15) is 5.56 Å². The number of nitrogens with zero attached hydrogens (tertiary/aromatic N) is 6. The minimum absolute atomic E-state index is 0.0409. The summed E-state index contributed by atoms with van der Waals surface area (Å²) in [5.41, 5.74) is 2.52. The van der Waals surface area contributed by atoms with Gasteiger partial charge in [0.15, 0.2) is 11.2 Å². The average Bonchev–Trinajstić information content (AvgIpc) is 3.33. The molecule has 5 rings (SSSR count). The Bertz CT molecular complexity index is 1680. The SMILES string of the molecule is Cc1ccccc1-n1c(-c2cccc([N+](=O)[O-])c2)cn2c3c(=O)n(C)c(=O)n(C)c3nc12. The van der Waals surface area contributed by atoms with Gasteiger partial charge < -0.3 is 0 Å². The van der Waals surface area contributed by atoms with Crippen molar-refractivity contribution in [1.82, 2.24) is 23.1 Å². The van der Waals surface area contributed by atoms with E-state index in [0.29, 0.717) is 17.0 Å². The van der Waals surface area contributed by atoms with Crippen molar-refractivity contribution in [1.29, 1.82) is 0 Å². The van der Waals surface area contributed by atoms with Gasteiger partial charge in [-0.3, -0.25) is 33.0 Å². The monoisotopic (exact) mass is 430 g/mol. The van der Waals surface area contributed by atoms with Crippen LogP contribution in [0.25, 0.3) is 33.9 Å². The van der Waals surface area contributed by atoms with Crippen molar-refractivity contribution in [2.45, 2.75) is 6.92 Å². The van der Waals surface area contributed by atoms with Gasteiger partial charge in [0.05, 0.1) is 16.3 Å². The predicted molar refractivity (Wildman–Crippen MR) is 119 cm³/mol. The number of rotatable bonds is 3. The van der Waals surface area contributed by atoms with E-state index >= 15 is 0 Å². The first-order valence-corrected chi connectivity index (χ1v) is 9.80. The molecule has 0 radical (unpaired) electrons. The molecule has 0 atom stereocenters. The van der Waals surface area contributed by atoms with Crippen LogP contribution in [-0.2, 0) is 14.1 Å². The minimum atomic E-state index is -0.469. The van der Waals surface area contributed by atoms with Crippen molar-refractivity contribution in [2.24, 2.45) is 14.1 Å². The maximum Gasteiger partial charge on any atom is 0.332 e. The zero-order valence-electron chi connectivity index (χ0n) is 17.5. The topological polar surface area (TPSA) is 109 Å². The number of nitro benzene ring substituents is 1. The number of benzene rings is 2. The van der Waals surface area contributed by atoms with E-state index < -0.39 is 16.2 Å². The Kier molecular flexibility index (Phi) is 4.12. The second kappa shape index (κ2) is 6.77. The molecule has 5 aromatic rings. The first-order chi connectivity index (χ1) is 15.3.